The number of imidazole rings is 1. The van der Waals surface area contributed by atoms with Crippen molar-refractivity contribution in [3.63, 3.8) is 0 Å². The Balaban J connectivity index is 0.00000304. The molecule has 1 amide bonds. The summed E-state index contributed by atoms with van der Waals surface area (Å²) in [4.78, 5) is 22.7. The van der Waals surface area contributed by atoms with Gasteiger partial charge in [-0.2, -0.15) is 5.10 Å². The first-order valence-corrected chi connectivity index (χ1v) is 10.9. The second kappa shape index (κ2) is 9.97. The monoisotopic (exact) mass is 529 g/mol. The molecule has 5 rings (SSSR count). The summed E-state index contributed by atoms with van der Waals surface area (Å²) in [5.74, 6) is -2.32. The third-order valence-electron chi connectivity index (χ3n) is 6.02. The molecule has 2 unspecified atom stereocenters. The van der Waals surface area contributed by atoms with E-state index >= 15 is 0 Å². The zero-order valence-corrected chi connectivity index (χ0v) is 19.4. The Morgan fingerprint density at radius 2 is 1.89 bits per heavy atom. The fraction of sp³-hybridized carbons (Fsp3) is 0.364. The number of aromatic nitrogens is 5. The maximum atomic E-state index is 14.6. The van der Waals surface area contributed by atoms with Gasteiger partial charge in [-0.25, -0.2) is 31.6 Å². The predicted octanol–water partition coefficient (Wildman–Crippen LogP) is 4.13. The van der Waals surface area contributed by atoms with E-state index in [9.17, 15) is 26.7 Å². The van der Waals surface area contributed by atoms with E-state index in [1.54, 1.807) is 0 Å². The van der Waals surface area contributed by atoms with Crippen molar-refractivity contribution in [2.24, 2.45) is 5.73 Å². The number of amides is 1. The van der Waals surface area contributed by atoms with Gasteiger partial charge in [0.05, 0.1) is 17.4 Å². The Morgan fingerprint density at radius 3 is 2.64 bits per heavy atom. The molecule has 1 aliphatic rings. The first-order valence-electron chi connectivity index (χ1n) is 10.9. The first-order chi connectivity index (χ1) is 16.7. The van der Waals surface area contributed by atoms with E-state index in [4.69, 9.17) is 5.73 Å². The van der Waals surface area contributed by atoms with Gasteiger partial charge in [0.2, 0.25) is 0 Å². The van der Waals surface area contributed by atoms with Gasteiger partial charge < -0.3 is 10.6 Å². The van der Waals surface area contributed by atoms with Crippen molar-refractivity contribution in [1.29, 1.82) is 0 Å². The number of hydrogen-bond acceptors (Lipinski definition) is 5. The molecule has 14 heteroatoms. The Labute approximate surface area is 207 Å². The van der Waals surface area contributed by atoms with E-state index in [-0.39, 0.29) is 52.1 Å². The average Bonchev–Trinajstić information content (AvgIpc) is 3.33. The van der Waals surface area contributed by atoms with Gasteiger partial charge in [0.1, 0.15) is 17.2 Å². The highest BCUT2D eigenvalue weighted by atomic mass is 35.5. The molecule has 4 aromatic heterocycles. The molecule has 8 nitrogen and oxygen atoms in total. The summed E-state index contributed by atoms with van der Waals surface area (Å²) in [5, 5.41) is 4.07. The van der Waals surface area contributed by atoms with Crippen molar-refractivity contribution in [1.82, 2.24) is 29.0 Å². The van der Waals surface area contributed by atoms with Crippen LogP contribution in [-0.4, -0.2) is 60.5 Å². The van der Waals surface area contributed by atoms with E-state index in [1.807, 2.05) is 0 Å². The lowest BCUT2D eigenvalue weighted by molar-refractivity contribution is 0.00356. The minimum absolute atomic E-state index is 0. The number of hydrogen-bond donors (Lipinski definition) is 1. The van der Waals surface area contributed by atoms with Gasteiger partial charge >= 0.3 is 0 Å². The van der Waals surface area contributed by atoms with Gasteiger partial charge in [-0.05, 0) is 18.9 Å². The summed E-state index contributed by atoms with van der Waals surface area (Å²) in [7, 11) is 0. The summed E-state index contributed by atoms with van der Waals surface area (Å²) >= 11 is 0. The molecule has 1 aliphatic heterocycles. The van der Waals surface area contributed by atoms with E-state index < -0.39 is 30.3 Å². The van der Waals surface area contributed by atoms with Gasteiger partial charge in [-0.3, -0.25) is 14.2 Å². The Morgan fingerprint density at radius 1 is 1.11 bits per heavy atom. The first kappa shape index (κ1) is 25.8. The van der Waals surface area contributed by atoms with Gasteiger partial charge in [0.15, 0.2) is 11.5 Å². The van der Waals surface area contributed by atoms with Crippen LogP contribution in [0.4, 0.5) is 22.0 Å². The van der Waals surface area contributed by atoms with Crippen molar-refractivity contribution in [3.05, 3.63) is 48.1 Å². The standard InChI is InChI=1S/C22H20F5N7O.ClH/c23-11-5-14(24)21-30-8-17(33(21)9-11)18-13-7-29-15(6-16(13)34(31-18)20(27)19(25)26)22(35)32-4-2-1-3-12(28)10-32;/h5-9,12,19-20H,1-4,10,28H2;1H. The smallest absolute Gasteiger partial charge is 0.289 e. The molecule has 0 radical (unpaired) electrons. The van der Waals surface area contributed by atoms with Crippen LogP contribution < -0.4 is 5.73 Å². The Kier molecular flexibility index (Phi) is 7.14. The highest BCUT2D eigenvalue weighted by Crippen LogP contribution is 2.33. The number of likely N-dealkylation sites (tertiary alicyclic amines) is 1. The van der Waals surface area contributed by atoms with E-state index in [1.165, 1.54) is 17.2 Å². The van der Waals surface area contributed by atoms with E-state index in [0.29, 0.717) is 23.8 Å². The number of alkyl halides is 3. The van der Waals surface area contributed by atoms with Crippen molar-refractivity contribution in [2.75, 3.05) is 13.1 Å². The van der Waals surface area contributed by atoms with Crippen LogP contribution in [-0.2, 0) is 0 Å². The Bertz CT molecular complexity index is 1430. The number of carbonyl (C=O) groups is 1. The highest BCUT2D eigenvalue weighted by Gasteiger charge is 2.29. The fourth-order valence-corrected chi connectivity index (χ4v) is 4.34. The maximum Gasteiger partial charge on any atom is 0.289 e. The van der Waals surface area contributed by atoms with Crippen LogP contribution in [0.15, 0.2) is 30.7 Å². The van der Waals surface area contributed by atoms with Gasteiger partial charge in [-0.15, -0.1) is 12.4 Å². The third-order valence-corrected chi connectivity index (χ3v) is 6.02. The fourth-order valence-electron chi connectivity index (χ4n) is 4.34. The largest absolute Gasteiger partial charge is 0.336 e. The van der Waals surface area contributed by atoms with Gasteiger partial charge in [0, 0.05) is 43.0 Å². The van der Waals surface area contributed by atoms with Gasteiger partial charge in [-0.1, -0.05) is 6.42 Å². The lowest BCUT2D eigenvalue weighted by Crippen LogP contribution is -2.40. The van der Waals surface area contributed by atoms with Gasteiger partial charge in [0.25, 0.3) is 18.6 Å². The zero-order valence-electron chi connectivity index (χ0n) is 18.6. The summed E-state index contributed by atoms with van der Waals surface area (Å²) in [6, 6.07) is 1.63. The van der Waals surface area contributed by atoms with E-state index in [0.717, 1.165) is 36.1 Å². The molecule has 1 fully saturated rings. The van der Waals surface area contributed by atoms with Crippen LogP contribution in [0.3, 0.4) is 0 Å². The number of rotatable bonds is 4. The van der Waals surface area contributed by atoms with Crippen LogP contribution in [0.25, 0.3) is 27.9 Å². The molecule has 0 bridgehead atoms. The summed E-state index contributed by atoms with van der Waals surface area (Å²) in [6.07, 6.45) is -0.557. The Hall–Kier alpha value is -3.32. The van der Waals surface area contributed by atoms with Crippen LogP contribution in [0.5, 0.6) is 0 Å². The highest BCUT2D eigenvalue weighted by molar-refractivity contribution is 5.99. The number of pyridine rings is 2. The molecule has 4 aromatic rings. The molecule has 5 heterocycles. The topological polar surface area (TPSA) is 94.3 Å². The molecule has 0 aliphatic carbocycles. The molecule has 0 spiro atoms. The summed E-state index contributed by atoms with van der Waals surface area (Å²) in [5.41, 5.74) is 5.54. The molecule has 36 heavy (non-hydrogen) atoms. The molecule has 2 atom stereocenters. The van der Waals surface area contributed by atoms with Crippen LogP contribution in [0.2, 0.25) is 0 Å². The maximum absolute atomic E-state index is 14.6. The van der Waals surface area contributed by atoms with E-state index in [2.05, 4.69) is 15.1 Å². The lowest BCUT2D eigenvalue weighted by atomic mass is 10.1. The third kappa shape index (κ3) is 4.48. The number of halogens is 6. The number of carbonyl (C=O) groups excluding carboxylic acids is 1. The number of nitrogens with two attached hydrogens (primary N) is 1. The molecule has 2 N–H and O–H groups in total. The quantitative estimate of drug-likeness (QED) is 0.401. The number of nitrogens with zero attached hydrogens (tertiary/aromatic N) is 6. The van der Waals surface area contributed by atoms with Crippen molar-refractivity contribution < 1.29 is 26.7 Å². The molecule has 0 saturated carbocycles. The van der Waals surface area contributed by atoms with Crippen LogP contribution in [0, 0.1) is 11.6 Å². The van der Waals surface area contributed by atoms with Crippen molar-refractivity contribution in [2.45, 2.75) is 38.0 Å². The minimum Gasteiger partial charge on any atom is -0.336 e. The second-order valence-corrected chi connectivity index (χ2v) is 8.44. The van der Waals surface area contributed by atoms with Crippen LogP contribution in [0.1, 0.15) is 36.0 Å². The normalized spacial score (nSPS) is 17.4. The second-order valence-electron chi connectivity index (χ2n) is 8.44. The average molecular weight is 530 g/mol. The molecule has 192 valence electrons. The molecule has 0 aromatic carbocycles. The predicted molar refractivity (Wildman–Crippen MR) is 123 cm³/mol. The van der Waals surface area contributed by atoms with Crippen LogP contribution >= 0.6 is 12.4 Å². The summed E-state index contributed by atoms with van der Waals surface area (Å²) < 4.78 is 70.7. The SMILES string of the molecule is Cl.NC1CCCCN(C(=O)c2cc3c(cn2)c(-c2cnc4c(F)cc(F)cn24)nn3C(F)C(F)F)C1. The molecular formula is C22H21ClF5N7O. The number of fused-ring (bicyclic) bond motifs is 2. The van der Waals surface area contributed by atoms with Crippen molar-refractivity contribution >= 4 is 34.9 Å². The summed E-state index contributed by atoms with van der Waals surface area (Å²) in [6.45, 7) is 0.767. The van der Waals surface area contributed by atoms with Crippen molar-refractivity contribution in [3.8, 4) is 11.4 Å². The molecule has 1 saturated heterocycles. The molecular weight excluding hydrogens is 509 g/mol. The minimum atomic E-state index is -3.42. The zero-order chi connectivity index (χ0) is 24.9. The lowest BCUT2D eigenvalue weighted by Gasteiger charge is -2.22.